The van der Waals surface area contributed by atoms with Gasteiger partial charge in [0, 0.05) is 27.1 Å². The first kappa shape index (κ1) is 28.0. The maximum atomic E-state index is 14.1. The lowest BCUT2D eigenvalue weighted by Crippen LogP contribution is -2.29. The number of carbonyl (C=O) groups is 1. The quantitative estimate of drug-likeness (QED) is 0.158. The van der Waals surface area contributed by atoms with Gasteiger partial charge in [0.25, 0.3) is 0 Å². The zero-order valence-electron chi connectivity index (χ0n) is 21.7. The molecule has 2 heterocycles. The van der Waals surface area contributed by atoms with E-state index in [0.717, 1.165) is 5.56 Å². The van der Waals surface area contributed by atoms with Gasteiger partial charge in [-0.3, -0.25) is 0 Å². The number of ether oxygens (including phenoxy) is 2. The largest absolute Gasteiger partial charge is 0.489 e. The van der Waals surface area contributed by atoms with E-state index in [1.54, 1.807) is 54.9 Å². The Labute approximate surface area is 245 Å². The Bertz CT molecular complexity index is 1560. The fourth-order valence-electron chi connectivity index (χ4n) is 4.30. The predicted octanol–water partition coefficient (Wildman–Crippen LogP) is 7.45. The first-order chi connectivity index (χ1) is 19.4. The van der Waals surface area contributed by atoms with Crippen molar-refractivity contribution in [2.24, 2.45) is 0 Å². The highest BCUT2D eigenvalue weighted by atomic mass is 35.5. The van der Waals surface area contributed by atoms with E-state index in [2.05, 4.69) is 15.4 Å². The van der Waals surface area contributed by atoms with Crippen LogP contribution in [0.2, 0.25) is 10.0 Å². The van der Waals surface area contributed by atoms with Gasteiger partial charge in [0.15, 0.2) is 0 Å². The van der Waals surface area contributed by atoms with Crippen LogP contribution in [0.4, 0.5) is 10.3 Å². The maximum absolute atomic E-state index is 14.1. The maximum Gasteiger partial charge on any atom is 0.338 e. The summed E-state index contributed by atoms with van der Waals surface area (Å²) in [6.07, 6.45) is 0. The van der Waals surface area contributed by atoms with E-state index >= 15 is 0 Å². The monoisotopic (exact) mass is 598 g/mol. The zero-order valence-corrected chi connectivity index (χ0v) is 24.0. The Morgan fingerprint density at radius 3 is 2.50 bits per heavy atom. The molecular weight excluding hydrogens is 574 g/mol. The molecule has 3 aromatic carbocycles. The van der Waals surface area contributed by atoms with Crippen molar-refractivity contribution in [3.8, 4) is 5.75 Å². The Hall–Kier alpha value is -3.53. The molecule has 0 radical (unpaired) electrons. The zero-order chi connectivity index (χ0) is 28.2. The van der Waals surface area contributed by atoms with E-state index in [9.17, 15) is 9.18 Å². The smallest absolute Gasteiger partial charge is 0.338 e. The average Bonchev–Trinajstić information content (AvgIpc) is 3.34. The fourth-order valence-corrected chi connectivity index (χ4v) is 5.63. The molecule has 0 spiro atoms. The molecule has 1 aliphatic heterocycles. The third kappa shape index (κ3) is 5.96. The second-order valence-corrected chi connectivity index (χ2v) is 10.6. The molecule has 1 N–H and O–H groups in total. The Kier molecular flexibility index (Phi) is 8.63. The second kappa shape index (κ2) is 12.3. The van der Waals surface area contributed by atoms with Gasteiger partial charge < -0.3 is 14.8 Å². The number of anilines is 1. The van der Waals surface area contributed by atoms with Crippen LogP contribution in [-0.2, 0) is 21.9 Å². The van der Waals surface area contributed by atoms with Crippen LogP contribution in [0, 0.1) is 5.82 Å². The molecule has 5 rings (SSSR count). The number of benzene rings is 3. The number of allylic oxidation sites excluding steroid dienone is 1. The summed E-state index contributed by atoms with van der Waals surface area (Å²) in [6, 6.07) is 18.6. The Morgan fingerprint density at radius 1 is 1.07 bits per heavy atom. The normalized spacial score (nSPS) is 14.5. The van der Waals surface area contributed by atoms with Crippen molar-refractivity contribution in [1.29, 1.82) is 0 Å². The summed E-state index contributed by atoms with van der Waals surface area (Å²) < 4.78 is 27.1. The number of esters is 1. The van der Waals surface area contributed by atoms with Crippen molar-refractivity contribution >= 4 is 46.9 Å². The van der Waals surface area contributed by atoms with E-state index in [1.807, 2.05) is 24.3 Å². The second-order valence-electron chi connectivity index (χ2n) is 8.89. The molecule has 0 fully saturated rings. The molecule has 40 heavy (non-hydrogen) atoms. The number of rotatable bonds is 9. The van der Waals surface area contributed by atoms with Crippen molar-refractivity contribution in [3.63, 3.8) is 0 Å². The molecule has 4 aromatic rings. The minimum atomic E-state index is -0.599. The number of fused-ring (bicyclic) bond motifs is 1. The summed E-state index contributed by atoms with van der Waals surface area (Å²) in [5, 5.41) is 9.36. The predicted molar refractivity (Wildman–Crippen MR) is 154 cm³/mol. The van der Waals surface area contributed by atoms with E-state index in [4.69, 9.17) is 32.7 Å². The van der Waals surface area contributed by atoms with Gasteiger partial charge in [0.1, 0.15) is 24.2 Å². The lowest BCUT2D eigenvalue weighted by molar-refractivity contribution is -0.139. The van der Waals surface area contributed by atoms with Crippen molar-refractivity contribution in [1.82, 2.24) is 14.8 Å². The molecule has 0 bridgehead atoms. The number of aromatic nitrogens is 3. The Morgan fingerprint density at radius 2 is 1.80 bits per heavy atom. The molecule has 0 saturated carbocycles. The lowest BCUT2D eigenvalue weighted by atomic mass is 9.96. The van der Waals surface area contributed by atoms with E-state index < -0.39 is 12.0 Å². The van der Waals surface area contributed by atoms with Crippen LogP contribution in [-0.4, -0.2) is 27.3 Å². The van der Waals surface area contributed by atoms with E-state index in [-0.39, 0.29) is 19.0 Å². The van der Waals surface area contributed by atoms with Crippen LogP contribution >= 0.6 is 35.0 Å². The number of nitrogens with zero attached hydrogens (tertiary/aromatic N) is 3. The third-order valence-electron chi connectivity index (χ3n) is 6.28. The minimum absolute atomic E-state index is 0.202. The van der Waals surface area contributed by atoms with E-state index in [0.29, 0.717) is 55.0 Å². The minimum Gasteiger partial charge on any atom is -0.489 e. The summed E-state index contributed by atoms with van der Waals surface area (Å²) >= 11 is 13.8. The van der Waals surface area contributed by atoms with Gasteiger partial charge >= 0.3 is 5.97 Å². The lowest BCUT2D eigenvalue weighted by Gasteiger charge is -2.28. The molecular formula is C29H25Cl2FN4O3S. The number of thioether (sulfide) groups is 1. The topological polar surface area (TPSA) is 78.3 Å². The van der Waals surface area contributed by atoms with Gasteiger partial charge in [-0.15, -0.1) is 5.10 Å². The van der Waals surface area contributed by atoms with Gasteiger partial charge in [-0.1, -0.05) is 71.4 Å². The number of halogens is 3. The Balaban J connectivity index is 1.42. The van der Waals surface area contributed by atoms with Crippen LogP contribution < -0.4 is 10.1 Å². The third-order valence-corrected chi connectivity index (χ3v) is 7.88. The molecule has 206 valence electrons. The first-order valence-corrected chi connectivity index (χ1v) is 14.2. The summed E-state index contributed by atoms with van der Waals surface area (Å²) in [5.41, 5.74) is 3.07. The number of hydrogen-bond acceptors (Lipinski definition) is 7. The van der Waals surface area contributed by atoms with E-state index in [1.165, 1.54) is 17.8 Å². The summed E-state index contributed by atoms with van der Waals surface area (Å²) in [4.78, 5) is 17.7. The molecule has 0 saturated heterocycles. The number of hydrogen-bond donors (Lipinski definition) is 1. The van der Waals surface area contributed by atoms with Crippen molar-refractivity contribution < 1.29 is 18.7 Å². The van der Waals surface area contributed by atoms with Crippen LogP contribution in [0.3, 0.4) is 0 Å². The van der Waals surface area contributed by atoms with Crippen LogP contribution in [0.25, 0.3) is 0 Å². The first-order valence-electron chi connectivity index (χ1n) is 12.5. The molecule has 1 aliphatic rings. The highest BCUT2D eigenvalue weighted by molar-refractivity contribution is 7.98. The number of nitrogens with one attached hydrogen (secondary N) is 1. The highest BCUT2D eigenvalue weighted by Crippen LogP contribution is 2.38. The average molecular weight is 600 g/mol. The van der Waals surface area contributed by atoms with Gasteiger partial charge in [-0.05, 0) is 55.3 Å². The van der Waals surface area contributed by atoms with Crippen molar-refractivity contribution in [2.45, 2.75) is 37.4 Å². The molecule has 0 aliphatic carbocycles. The molecule has 1 atom stereocenters. The molecule has 1 aromatic heterocycles. The molecule has 1 unspecified atom stereocenters. The summed E-state index contributed by atoms with van der Waals surface area (Å²) in [6.45, 7) is 3.99. The standard InChI is InChI=1S/C29H25Cl2FN4O3S/c1-3-38-27(37)25-17(2)33-28-34-29(40-16-19-7-4-5-10-24(19)32)35-36(28)26(25)18-11-13-20(14-12-18)39-15-21-22(30)8-6-9-23(21)31/h4-14,26H,3,15-16H2,1-2H3,(H,33,34,35). The van der Waals surface area contributed by atoms with Crippen LogP contribution in [0.1, 0.15) is 36.6 Å². The van der Waals surface area contributed by atoms with Gasteiger partial charge in [0.05, 0.1) is 12.2 Å². The van der Waals surface area contributed by atoms with Gasteiger partial charge in [0.2, 0.25) is 11.1 Å². The number of carbonyl (C=O) groups excluding carboxylic acids is 1. The van der Waals surface area contributed by atoms with Crippen LogP contribution in [0.5, 0.6) is 5.75 Å². The van der Waals surface area contributed by atoms with Gasteiger partial charge in [-0.2, -0.15) is 4.98 Å². The van der Waals surface area contributed by atoms with Gasteiger partial charge in [-0.25, -0.2) is 13.9 Å². The fraction of sp³-hybridized carbons (Fsp3) is 0.207. The SMILES string of the molecule is CCOC(=O)C1=C(C)Nc2nc(SCc3ccccc3F)nn2C1c1ccc(OCc2c(Cl)cccc2Cl)cc1. The van der Waals surface area contributed by atoms with Crippen molar-refractivity contribution in [2.75, 3.05) is 11.9 Å². The molecule has 11 heteroatoms. The summed E-state index contributed by atoms with van der Waals surface area (Å²) in [5.74, 6) is 0.704. The van der Waals surface area contributed by atoms with Crippen LogP contribution in [0.15, 0.2) is 83.2 Å². The summed E-state index contributed by atoms with van der Waals surface area (Å²) in [7, 11) is 0. The molecule has 7 nitrogen and oxygen atoms in total. The highest BCUT2D eigenvalue weighted by Gasteiger charge is 2.35. The van der Waals surface area contributed by atoms with Crippen molar-refractivity contribution in [3.05, 3.63) is 111 Å². The molecule has 0 amide bonds.